The predicted molar refractivity (Wildman–Crippen MR) is 77.8 cm³/mol. The minimum absolute atomic E-state index is 0.0362. The minimum atomic E-state index is -0.964. The normalized spacial score (nSPS) is 11.5. The number of hydrogen-bond donors (Lipinski definition) is 2. The molecule has 2 N–H and O–H groups in total. The van der Waals surface area contributed by atoms with Crippen LogP contribution in [-0.2, 0) is 11.2 Å². The molecule has 0 bridgehead atoms. The Balaban J connectivity index is 2.54. The zero-order valence-electron chi connectivity index (χ0n) is 12.6. The Bertz CT molecular complexity index is 471. The first-order chi connectivity index (χ1) is 9.90. The summed E-state index contributed by atoms with van der Waals surface area (Å²) in [5.74, 6) is -2.21. The summed E-state index contributed by atoms with van der Waals surface area (Å²) in [5.41, 5.74) is -0.492. The van der Waals surface area contributed by atoms with Gasteiger partial charge in [0.15, 0.2) is 11.6 Å². The molecule has 0 aliphatic heterocycles. The molecule has 3 nitrogen and oxygen atoms in total. The molecule has 1 rings (SSSR count). The Morgan fingerprint density at radius 2 is 1.81 bits per heavy atom. The van der Waals surface area contributed by atoms with E-state index in [1.807, 2.05) is 13.8 Å². The average molecular weight is 299 g/mol. The van der Waals surface area contributed by atoms with Gasteiger partial charge in [0.25, 0.3) is 0 Å². The van der Waals surface area contributed by atoms with Crippen LogP contribution in [0.15, 0.2) is 18.2 Å². The van der Waals surface area contributed by atoms with E-state index in [0.717, 1.165) is 25.0 Å². The van der Waals surface area contributed by atoms with E-state index in [-0.39, 0.29) is 18.9 Å². The van der Waals surface area contributed by atoms with Crippen molar-refractivity contribution in [3.63, 3.8) is 0 Å². The fraction of sp³-hybridized carbons (Fsp3) is 0.562. The van der Waals surface area contributed by atoms with Gasteiger partial charge in [-0.25, -0.2) is 8.78 Å². The van der Waals surface area contributed by atoms with E-state index in [2.05, 4.69) is 5.32 Å². The highest BCUT2D eigenvalue weighted by Crippen LogP contribution is 2.18. The van der Waals surface area contributed by atoms with Crippen molar-refractivity contribution in [2.24, 2.45) is 0 Å². The summed E-state index contributed by atoms with van der Waals surface area (Å²) < 4.78 is 25.9. The first kappa shape index (κ1) is 17.6. The molecule has 1 aromatic carbocycles. The van der Waals surface area contributed by atoms with Crippen molar-refractivity contribution < 1.29 is 18.7 Å². The average Bonchev–Trinajstić information content (AvgIpc) is 2.41. The second-order valence-corrected chi connectivity index (χ2v) is 5.43. The molecule has 0 heterocycles. The summed E-state index contributed by atoms with van der Waals surface area (Å²) in [6, 6.07) is 3.39. The van der Waals surface area contributed by atoms with Crippen molar-refractivity contribution in [2.75, 3.05) is 6.54 Å². The fourth-order valence-electron chi connectivity index (χ4n) is 2.39. The molecule has 118 valence electrons. The summed E-state index contributed by atoms with van der Waals surface area (Å²) in [6.45, 7) is 4.13. The molecule has 0 aliphatic rings. The number of carbonyl (C=O) groups excluding carboxylic acids is 1. The molecule has 0 saturated heterocycles. The molecule has 0 aliphatic carbocycles. The molecule has 0 fully saturated rings. The third-order valence-corrected chi connectivity index (χ3v) is 3.39. The number of aliphatic hydroxyl groups is 1. The lowest BCUT2D eigenvalue weighted by molar-refractivity contribution is -0.121. The third-order valence-electron chi connectivity index (χ3n) is 3.39. The number of rotatable bonds is 8. The van der Waals surface area contributed by atoms with Crippen molar-refractivity contribution in [3.8, 4) is 0 Å². The molecular formula is C16H23F2NO2. The predicted octanol–water partition coefficient (Wildman–Crippen LogP) is 2.95. The van der Waals surface area contributed by atoms with Gasteiger partial charge in [-0.05, 0) is 30.5 Å². The third kappa shape index (κ3) is 5.79. The molecule has 0 saturated carbocycles. The molecule has 5 heteroatoms. The largest absolute Gasteiger partial charge is 0.388 e. The number of nitrogens with one attached hydrogen (secondary N) is 1. The number of hydrogen-bond acceptors (Lipinski definition) is 2. The Morgan fingerprint density at radius 3 is 2.33 bits per heavy atom. The number of benzene rings is 1. The quantitative estimate of drug-likeness (QED) is 0.775. The summed E-state index contributed by atoms with van der Waals surface area (Å²) >= 11 is 0. The van der Waals surface area contributed by atoms with Crippen LogP contribution in [0.25, 0.3) is 0 Å². The molecular weight excluding hydrogens is 276 g/mol. The van der Waals surface area contributed by atoms with Crippen molar-refractivity contribution in [1.82, 2.24) is 5.32 Å². The highest BCUT2D eigenvalue weighted by atomic mass is 19.2. The SMILES string of the molecule is CCCC(O)(CCC)CNC(=O)Cc1ccc(F)c(F)c1. The minimum Gasteiger partial charge on any atom is -0.388 e. The number of halogens is 2. The highest BCUT2D eigenvalue weighted by molar-refractivity contribution is 5.78. The molecule has 0 spiro atoms. The van der Waals surface area contributed by atoms with Crippen molar-refractivity contribution in [1.29, 1.82) is 0 Å². The first-order valence-corrected chi connectivity index (χ1v) is 7.33. The second-order valence-electron chi connectivity index (χ2n) is 5.43. The summed E-state index contributed by atoms with van der Waals surface area (Å²) in [4.78, 5) is 11.8. The Labute approximate surface area is 124 Å². The summed E-state index contributed by atoms with van der Waals surface area (Å²) in [5, 5.41) is 13.1. The van der Waals surface area contributed by atoms with Gasteiger partial charge in [0.1, 0.15) is 0 Å². The fourth-order valence-corrected chi connectivity index (χ4v) is 2.39. The maximum absolute atomic E-state index is 13.1. The summed E-state index contributed by atoms with van der Waals surface area (Å²) in [6.07, 6.45) is 2.86. The smallest absolute Gasteiger partial charge is 0.224 e. The molecule has 0 atom stereocenters. The van der Waals surface area contributed by atoms with Gasteiger partial charge in [-0.15, -0.1) is 0 Å². The van der Waals surface area contributed by atoms with Gasteiger partial charge >= 0.3 is 0 Å². The maximum atomic E-state index is 13.1. The van der Waals surface area contributed by atoms with Crippen molar-refractivity contribution >= 4 is 5.91 Å². The van der Waals surface area contributed by atoms with Crippen LogP contribution < -0.4 is 5.32 Å². The Kier molecular flexibility index (Phi) is 6.75. The van der Waals surface area contributed by atoms with Crippen LogP contribution in [0.3, 0.4) is 0 Å². The van der Waals surface area contributed by atoms with Gasteiger partial charge in [-0.1, -0.05) is 32.8 Å². The lowest BCUT2D eigenvalue weighted by atomic mass is 9.92. The van der Waals surface area contributed by atoms with E-state index < -0.39 is 17.2 Å². The highest BCUT2D eigenvalue weighted by Gasteiger charge is 2.25. The molecule has 21 heavy (non-hydrogen) atoms. The standard InChI is InChI=1S/C16H23F2NO2/c1-3-7-16(21,8-4-2)11-19-15(20)10-12-5-6-13(17)14(18)9-12/h5-6,9,21H,3-4,7-8,10-11H2,1-2H3,(H,19,20). The van der Waals surface area contributed by atoms with E-state index >= 15 is 0 Å². The van der Waals surface area contributed by atoms with Crippen LogP contribution in [0.5, 0.6) is 0 Å². The Hall–Kier alpha value is -1.49. The van der Waals surface area contributed by atoms with Crippen molar-refractivity contribution in [2.45, 2.75) is 51.6 Å². The van der Waals surface area contributed by atoms with Crippen LogP contribution in [0.4, 0.5) is 8.78 Å². The molecule has 1 amide bonds. The second kappa shape index (κ2) is 8.08. The zero-order valence-corrected chi connectivity index (χ0v) is 12.6. The molecule has 1 aromatic rings. The van der Waals surface area contributed by atoms with Gasteiger partial charge in [0.05, 0.1) is 12.0 Å². The van der Waals surface area contributed by atoms with Gasteiger partial charge in [-0.2, -0.15) is 0 Å². The van der Waals surface area contributed by atoms with Gasteiger partial charge in [-0.3, -0.25) is 4.79 Å². The van der Waals surface area contributed by atoms with Gasteiger partial charge < -0.3 is 10.4 Å². The maximum Gasteiger partial charge on any atom is 0.224 e. The van der Waals surface area contributed by atoms with Crippen molar-refractivity contribution in [3.05, 3.63) is 35.4 Å². The van der Waals surface area contributed by atoms with Crippen LogP contribution >= 0.6 is 0 Å². The topological polar surface area (TPSA) is 49.3 Å². The van der Waals surface area contributed by atoms with E-state index in [9.17, 15) is 18.7 Å². The first-order valence-electron chi connectivity index (χ1n) is 7.33. The lowest BCUT2D eigenvalue weighted by Gasteiger charge is -2.27. The van der Waals surface area contributed by atoms with Gasteiger partial charge in [0.2, 0.25) is 5.91 Å². The van der Waals surface area contributed by atoms with Crippen LogP contribution in [-0.4, -0.2) is 23.2 Å². The van der Waals surface area contributed by atoms with Crippen LogP contribution in [0.2, 0.25) is 0 Å². The van der Waals surface area contributed by atoms with E-state index in [0.29, 0.717) is 18.4 Å². The molecule has 0 unspecified atom stereocenters. The zero-order chi connectivity index (χ0) is 15.9. The van der Waals surface area contributed by atoms with E-state index in [1.165, 1.54) is 6.07 Å². The van der Waals surface area contributed by atoms with Gasteiger partial charge in [0, 0.05) is 6.54 Å². The summed E-state index contributed by atoms with van der Waals surface area (Å²) in [7, 11) is 0. The monoisotopic (exact) mass is 299 g/mol. The number of carbonyl (C=O) groups is 1. The number of amides is 1. The van der Waals surface area contributed by atoms with E-state index in [4.69, 9.17) is 0 Å². The van der Waals surface area contributed by atoms with Crippen LogP contribution in [0.1, 0.15) is 45.1 Å². The lowest BCUT2D eigenvalue weighted by Crippen LogP contribution is -2.43. The molecule has 0 radical (unpaired) electrons. The molecule has 0 aromatic heterocycles. The Morgan fingerprint density at radius 1 is 1.19 bits per heavy atom. The van der Waals surface area contributed by atoms with E-state index in [1.54, 1.807) is 0 Å². The van der Waals surface area contributed by atoms with Crippen LogP contribution in [0, 0.1) is 11.6 Å².